The van der Waals surface area contributed by atoms with Gasteiger partial charge in [0.05, 0.1) is 6.61 Å². The smallest absolute Gasteiger partial charge is 0.321 e. The first kappa shape index (κ1) is 14.4. The highest BCUT2D eigenvalue weighted by molar-refractivity contribution is 5.89. The molecule has 0 aliphatic rings. The molecule has 18 heavy (non-hydrogen) atoms. The minimum atomic E-state index is -0.175. The predicted octanol–water partition coefficient (Wildman–Crippen LogP) is 2.10. The first-order valence-electron chi connectivity index (χ1n) is 6.34. The number of hydrogen-bond donors (Lipinski definition) is 2. The van der Waals surface area contributed by atoms with Gasteiger partial charge >= 0.3 is 6.03 Å². The van der Waals surface area contributed by atoms with E-state index in [0.29, 0.717) is 18.8 Å². The Morgan fingerprint density at radius 1 is 1.33 bits per heavy atom. The fourth-order valence-electron chi connectivity index (χ4n) is 1.63. The van der Waals surface area contributed by atoms with Gasteiger partial charge in [-0.25, -0.2) is 4.79 Å². The highest BCUT2D eigenvalue weighted by atomic mass is 16.3. The number of nitrogens with zero attached hydrogens (tertiary/aromatic N) is 2. The molecule has 5 nitrogen and oxygen atoms in total. The van der Waals surface area contributed by atoms with E-state index in [1.807, 2.05) is 0 Å². The Morgan fingerprint density at radius 3 is 2.67 bits per heavy atom. The molecular weight excluding hydrogens is 230 g/mol. The van der Waals surface area contributed by atoms with Gasteiger partial charge in [-0.1, -0.05) is 19.8 Å². The maximum Gasteiger partial charge on any atom is 0.321 e. The third-order valence-electron chi connectivity index (χ3n) is 2.62. The lowest BCUT2D eigenvalue weighted by Gasteiger charge is -2.22. The second-order valence-electron chi connectivity index (χ2n) is 4.08. The molecule has 2 amide bonds. The molecule has 1 heterocycles. The van der Waals surface area contributed by atoms with Gasteiger partial charge in [-0.3, -0.25) is 4.98 Å². The molecule has 0 saturated heterocycles. The summed E-state index contributed by atoms with van der Waals surface area (Å²) in [7, 11) is 0. The van der Waals surface area contributed by atoms with Crippen molar-refractivity contribution in [2.75, 3.05) is 25.0 Å². The van der Waals surface area contributed by atoms with Crippen molar-refractivity contribution in [3.63, 3.8) is 0 Å². The zero-order chi connectivity index (χ0) is 13.2. The van der Waals surface area contributed by atoms with Gasteiger partial charge in [-0.05, 0) is 18.6 Å². The Hall–Kier alpha value is -1.62. The van der Waals surface area contributed by atoms with E-state index in [1.165, 1.54) is 0 Å². The number of carbonyl (C=O) groups excluding carboxylic acids is 1. The minimum absolute atomic E-state index is 0.0180. The summed E-state index contributed by atoms with van der Waals surface area (Å²) in [5.41, 5.74) is 0.716. The van der Waals surface area contributed by atoms with Crippen molar-refractivity contribution in [1.29, 1.82) is 0 Å². The van der Waals surface area contributed by atoms with Crippen molar-refractivity contribution in [3.8, 4) is 0 Å². The van der Waals surface area contributed by atoms with Crippen LogP contribution in [0.4, 0.5) is 10.5 Å². The molecule has 0 aromatic carbocycles. The zero-order valence-electron chi connectivity index (χ0n) is 10.8. The number of rotatable bonds is 7. The highest BCUT2D eigenvalue weighted by Gasteiger charge is 2.12. The maximum atomic E-state index is 12.0. The number of anilines is 1. The first-order valence-corrected chi connectivity index (χ1v) is 6.34. The lowest BCUT2D eigenvalue weighted by atomic mass is 10.2. The number of amides is 2. The Balaban J connectivity index is 2.48. The summed E-state index contributed by atoms with van der Waals surface area (Å²) in [5, 5.41) is 11.8. The third kappa shape index (κ3) is 5.14. The summed E-state index contributed by atoms with van der Waals surface area (Å²) in [4.78, 5) is 17.5. The molecule has 0 aliphatic carbocycles. The minimum Gasteiger partial charge on any atom is -0.395 e. The van der Waals surface area contributed by atoms with E-state index in [4.69, 9.17) is 5.11 Å². The van der Waals surface area contributed by atoms with Gasteiger partial charge in [0.25, 0.3) is 0 Å². The van der Waals surface area contributed by atoms with Gasteiger partial charge in [-0.2, -0.15) is 0 Å². The summed E-state index contributed by atoms with van der Waals surface area (Å²) in [6, 6.07) is 3.30. The molecule has 0 radical (unpaired) electrons. The highest BCUT2D eigenvalue weighted by Crippen LogP contribution is 2.06. The standard InChI is InChI=1S/C13H21N3O2/c1-2-3-4-9-16(10-11-17)13(18)15-12-5-7-14-8-6-12/h5-8,17H,2-4,9-11H2,1H3,(H,14,15,18). The fraction of sp³-hybridized carbons (Fsp3) is 0.538. The van der Waals surface area contributed by atoms with Crippen molar-refractivity contribution in [1.82, 2.24) is 9.88 Å². The van der Waals surface area contributed by atoms with Crippen molar-refractivity contribution in [2.24, 2.45) is 0 Å². The van der Waals surface area contributed by atoms with Crippen LogP contribution < -0.4 is 5.32 Å². The Labute approximate surface area is 108 Å². The number of urea groups is 1. The molecule has 0 aliphatic heterocycles. The molecule has 0 saturated carbocycles. The van der Waals surface area contributed by atoms with Crippen LogP contribution in [0.25, 0.3) is 0 Å². The van der Waals surface area contributed by atoms with E-state index < -0.39 is 0 Å². The lowest BCUT2D eigenvalue weighted by molar-refractivity contribution is 0.187. The number of nitrogens with one attached hydrogen (secondary N) is 1. The number of carbonyl (C=O) groups is 1. The predicted molar refractivity (Wildman–Crippen MR) is 71.4 cm³/mol. The Morgan fingerprint density at radius 2 is 2.06 bits per heavy atom. The topological polar surface area (TPSA) is 65.5 Å². The van der Waals surface area contributed by atoms with Crippen LogP contribution in [-0.2, 0) is 0 Å². The molecule has 100 valence electrons. The summed E-state index contributed by atoms with van der Waals surface area (Å²) in [5.74, 6) is 0. The van der Waals surface area contributed by atoms with Crippen LogP contribution in [0.5, 0.6) is 0 Å². The number of hydrogen-bond acceptors (Lipinski definition) is 3. The molecule has 0 atom stereocenters. The molecule has 1 aromatic heterocycles. The van der Waals surface area contributed by atoms with Crippen LogP contribution in [0, 0.1) is 0 Å². The van der Waals surface area contributed by atoms with E-state index in [1.54, 1.807) is 29.4 Å². The lowest BCUT2D eigenvalue weighted by Crippen LogP contribution is -2.37. The molecule has 1 rings (SSSR count). The summed E-state index contributed by atoms with van der Waals surface area (Å²) < 4.78 is 0. The SMILES string of the molecule is CCCCCN(CCO)C(=O)Nc1ccncc1. The van der Waals surface area contributed by atoms with E-state index in [9.17, 15) is 4.79 Å². The van der Waals surface area contributed by atoms with Crippen LogP contribution in [0.1, 0.15) is 26.2 Å². The van der Waals surface area contributed by atoms with Crippen LogP contribution in [0.3, 0.4) is 0 Å². The summed E-state index contributed by atoms with van der Waals surface area (Å²) >= 11 is 0. The van der Waals surface area contributed by atoms with E-state index in [2.05, 4.69) is 17.2 Å². The van der Waals surface area contributed by atoms with Gasteiger partial charge in [0.2, 0.25) is 0 Å². The number of aliphatic hydroxyl groups excluding tert-OH is 1. The number of aromatic nitrogens is 1. The van der Waals surface area contributed by atoms with Gasteiger partial charge in [0.1, 0.15) is 0 Å². The molecule has 5 heteroatoms. The van der Waals surface area contributed by atoms with Crippen molar-refractivity contribution >= 4 is 11.7 Å². The second kappa shape index (κ2) is 8.47. The Kier molecular flexibility index (Phi) is 6.79. The van der Waals surface area contributed by atoms with Crippen molar-refractivity contribution in [3.05, 3.63) is 24.5 Å². The largest absolute Gasteiger partial charge is 0.395 e. The van der Waals surface area contributed by atoms with Gasteiger partial charge in [0.15, 0.2) is 0 Å². The maximum absolute atomic E-state index is 12.0. The number of unbranched alkanes of at least 4 members (excludes halogenated alkanes) is 2. The number of pyridine rings is 1. The van der Waals surface area contributed by atoms with Crippen molar-refractivity contribution in [2.45, 2.75) is 26.2 Å². The third-order valence-corrected chi connectivity index (χ3v) is 2.62. The summed E-state index contributed by atoms with van der Waals surface area (Å²) in [6.07, 6.45) is 6.41. The van der Waals surface area contributed by atoms with E-state index in [0.717, 1.165) is 19.3 Å². The van der Waals surface area contributed by atoms with Crippen LogP contribution in [0.2, 0.25) is 0 Å². The Bertz CT molecular complexity index is 343. The monoisotopic (exact) mass is 251 g/mol. The van der Waals surface area contributed by atoms with Crippen LogP contribution in [0.15, 0.2) is 24.5 Å². The zero-order valence-corrected chi connectivity index (χ0v) is 10.8. The molecule has 1 aromatic rings. The average molecular weight is 251 g/mol. The van der Waals surface area contributed by atoms with E-state index in [-0.39, 0.29) is 12.6 Å². The van der Waals surface area contributed by atoms with Crippen LogP contribution >= 0.6 is 0 Å². The fourth-order valence-corrected chi connectivity index (χ4v) is 1.63. The van der Waals surface area contributed by atoms with Crippen molar-refractivity contribution < 1.29 is 9.90 Å². The molecule has 0 spiro atoms. The average Bonchev–Trinajstić information content (AvgIpc) is 2.39. The van der Waals surface area contributed by atoms with Crippen LogP contribution in [-0.4, -0.2) is 40.7 Å². The summed E-state index contributed by atoms with van der Waals surface area (Å²) in [6.45, 7) is 3.13. The number of aliphatic hydroxyl groups is 1. The first-order chi connectivity index (χ1) is 8.77. The van der Waals surface area contributed by atoms with Gasteiger partial charge in [0, 0.05) is 31.2 Å². The molecule has 0 unspecified atom stereocenters. The van der Waals surface area contributed by atoms with Gasteiger partial charge < -0.3 is 15.3 Å². The normalized spacial score (nSPS) is 10.1. The molecular formula is C13H21N3O2. The molecule has 2 N–H and O–H groups in total. The second-order valence-corrected chi connectivity index (χ2v) is 4.08. The van der Waals surface area contributed by atoms with E-state index >= 15 is 0 Å². The molecule has 0 bridgehead atoms. The quantitative estimate of drug-likeness (QED) is 0.729. The van der Waals surface area contributed by atoms with Gasteiger partial charge in [-0.15, -0.1) is 0 Å². The molecule has 0 fully saturated rings.